The quantitative estimate of drug-likeness (QED) is 0.724. The molecular weight excluding hydrogens is 335 g/mol. The number of hydrogen-bond acceptors (Lipinski definition) is 2. The first kappa shape index (κ1) is 15.1. The first-order valence-corrected chi connectivity index (χ1v) is 9.13. The topological polar surface area (TPSA) is 24.4 Å². The van der Waals surface area contributed by atoms with E-state index < -0.39 is 0 Å². The molecule has 0 aliphatic carbocycles. The van der Waals surface area contributed by atoms with E-state index in [1.807, 2.05) is 18.2 Å². The third-order valence-electron chi connectivity index (χ3n) is 3.19. The van der Waals surface area contributed by atoms with Crippen LogP contribution in [-0.4, -0.2) is 19.7 Å². The maximum atomic E-state index is 4.81. The Balaban J connectivity index is 1.97. The summed E-state index contributed by atoms with van der Waals surface area (Å²) < 4.78 is 2.47. The van der Waals surface area contributed by atoms with Gasteiger partial charge >= 0.3 is 138 Å². The molecule has 0 saturated carbocycles. The monoisotopic (exact) mass is 356 g/mol. The number of benzene rings is 2. The van der Waals surface area contributed by atoms with Crippen LogP contribution in [0.2, 0.25) is 0 Å². The van der Waals surface area contributed by atoms with Crippen LogP contribution in [-0.2, 0) is 0 Å². The average Bonchev–Trinajstić information content (AvgIpc) is 2.47. The summed E-state index contributed by atoms with van der Waals surface area (Å²) in [6.45, 7) is 6.73. The Morgan fingerprint density at radius 3 is 2.36 bits per heavy atom. The van der Waals surface area contributed by atoms with Gasteiger partial charge in [-0.05, 0) is 0 Å². The van der Waals surface area contributed by atoms with Crippen molar-refractivity contribution in [3.63, 3.8) is 0 Å². The zero-order chi connectivity index (χ0) is 15.6. The minimum absolute atomic E-state index is 0.166. The fourth-order valence-electron chi connectivity index (χ4n) is 2.27. The van der Waals surface area contributed by atoms with Gasteiger partial charge in [-0.1, -0.05) is 0 Å². The average molecular weight is 355 g/mol. The fraction of sp³-hybridized carbons (Fsp3) is 0.211. The van der Waals surface area contributed by atoms with Gasteiger partial charge in [0.1, 0.15) is 0 Å². The summed E-state index contributed by atoms with van der Waals surface area (Å²) in [6.07, 6.45) is 2.38. The Labute approximate surface area is 138 Å². The number of fused-ring (bicyclic) bond motifs is 1. The van der Waals surface area contributed by atoms with Crippen molar-refractivity contribution in [3.8, 4) is 0 Å². The Morgan fingerprint density at radius 2 is 1.64 bits per heavy atom. The molecule has 0 unspecified atom stereocenters. The molecule has 3 rings (SSSR count). The number of nitrogens with one attached hydrogen (secondary N) is 1. The van der Waals surface area contributed by atoms with Crippen LogP contribution in [0.3, 0.4) is 0 Å². The summed E-state index contributed by atoms with van der Waals surface area (Å²) in [4.78, 5) is 4.81. The molecule has 0 spiro atoms. The Kier molecular flexibility index (Phi) is 4.19. The van der Waals surface area contributed by atoms with Crippen molar-refractivity contribution >= 4 is 35.5 Å². The standard InChI is InChI=1S/C19H20N2Se/c1-19(2,3)13-17-15-11-7-8-12-16(15)21-18(22-17)20-14-9-5-4-6-10-14/h4-13H,1-3H3,(H,20,21)/b17-13+. The Bertz CT molecular complexity index is 725. The molecule has 3 heteroatoms. The van der Waals surface area contributed by atoms with Gasteiger partial charge in [-0.25, -0.2) is 0 Å². The molecule has 1 N–H and O–H groups in total. The molecule has 1 heterocycles. The van der Waals surface area contributed by atoms with Crippen LogP contribution in [0.5, 0.6) is 0 Å². The molecule has 0 amide bonds. The summed E-state index contributed by atoms with van der Waals surface area (Å²) in [5.41, 5.74) is 3.59. The van der Waals surface area contributed by atoms with Crippen molar-refractivity contribution in [2.45, 2.75) is 20.8 Å². The van der Waals surface area contributed by atoms with Crippen molar-refractivity contribution in [2.24, 2.45) is 10.4 Å². The van der Waals surface area contributed by atoms with Crippen LogP contribution in [0.1, 0.15) is 26.3 Å². The molecule has 0 bridgehead atoms. The first-order valence-electron chi connectivity index (χ1n) is 7.42. The zero-order valence-corrected chi connectivity index (χ0v) is 14.8. The van der Waals surface area contributed by atoms with E-state index in [0.29, 0.717) is 0 Å². The van der Waals surface area contributed by atoms with E-state index in [0.717, 1.165) is 16.1 Å². The molecule has 2 aromatic rings. The van der Waals surface area contributed by atoms with Gasteiger partial charge in [0.25, 0.3) is 0 Å². The number of para-hydroxylation sites is 2. The molecule has 2 aromatic carbocycles. The molecular formula is C19H20N2Se. The fourth-order valence-corrected chi connectivity index (χ4v) is 4.82. The zero-order valence-electron chi connectivity index (χ0n) is 13.1. The number of hydrogen-bond donors (Lipinski definition) is 1. The minimum atomic E-state index is 0.166. The van der Waals surface area contributed by atoms with E-state index in [-0.39, 0.29) is 20.4 Å². The maximum absolute atomic E-state index is 4.81. The molecule has 1 aliphatic heterocycles. The van der Waals surface area contributed by atoms with Gasteiger partial charge in [-0.15, -0.1) is 0 Å². The van der Waals surface area contributed by atoms with Gasteiger partial charge < -0.3 is 0 Å². The van der Waals surface area contributed by atoms with E-state index >= 15 is 0 Å². The summed E-state index contributed by atoms with van der Waals surface area (Å²) in [6, 6.07) is 18.7. The van der Waals surface area contributed by atoms with Gasteiger partial charge in [-0.2, -0.15) is 0 Å². The molecule has 1 aliphatic rings. The van der Waals surface area contributed by atoms with Gasteiger partial charge in [0.2, 0.25) is 0 Å². The second kappa shape index (κ2) is 6.12. The van der Waals surface area contributed by atoms with Crippen molar-refractivity contribution in [1.82, 2.24) is 0 Å². The summed E-state index contributed by atoms with van der Waals surface area (Å²) >= 11 is 0.192. The van der Waals surface area contributed by atoms with E-state index in [1.165, 1.54) is 10.0 Å². The van der Waals surface area contributed by atoms with Gasteiger partial charge in [0.05, 0.1) is 0 Å². The number of nitrogens with zero attached hydrogens (tertiary/aromatic N) is 1. The van der Waals surface area contributed by atoms with E-state index in [4.69, 9.17) is 4.99 Å². The SMILES string of the molecule is CC(C)(C)/C=C1/[Se]C(Nc2ccccc2)=Nc2ccccc21. The molecule has 112 valence electrons. The second-order valence-electron chi connectivity index (χ2n) is 6.40. The van der Waals surface area contributed by atoms with Crippen LogP contribution in [0, 0.1) is 5.41 Å². The summed E-state index contributed by atoms with van der Waals surface area (Å²) in [5, 5.41) is 3.47. The Morgan fingerprint density at radius 1 is 0.955 bits per heavy atom. The molecule has 0 saturated heterocycles. The first-order chi connectivity index (χ1) is 10.5. The van der Waals surface area contributed by atoms with E-state index in [2.05, 4.69) is 68.6 Å². The van der Waals surface area contributed by atoms with Gasteiger partial charge in [0.15, 0.2) is 0 Å². The Hall–Kier alpha value is -1.83. The van der Waals surface area contributed by atoms with Crippen LogP contribution < -0.4 is 5.32 Å². The third kappa shape index (κ3) is 3.68. The molecule has 0 atom stereocenters. The van der Waals surface area contributed by atoms with Gasteiger partial charge in [0, 0.05) is 0 Å². The van der Waals surface area contributed by atoms with E-state index in [1.54, 1.807) is 0 Å². The normalized spacial score (nSPS) is 16.1. The predicted molar refractivity (Wildman–Crippen MR) is 96.8 cm³/mol. The van der Waals surface area contributed by atoms with Crippen LogP contribution in [0.25, 0.3) is 4.47 Å². The van der Waals surface area contributed by atoms with E-state index in [9.17, 15) is 0 Å². The van der Waals surface area contributed by atoms with Crippen LogP contribution >= 0.6 is 0 Å². The second-order valence-corrected chi connectivity index (χ2v) is 8.56. The van der Waals surface area contributed by atoms with Crippen LogP contribution in [0.4, 0.5) is 11.4 Å². The molecule has 22 heavy (non-hydrogen) atoms. The number of rotatable bonds is 1. The van der Waals surface area contributed by atoms with Crippen LogP contribution in [0.15, 0.2) is 65.7 Å². The summed E-state index contributed by atoms with van der Waals surface area (Å²) in [5.74, 6) is 0. The number of aliphatic imine (C=N–C) groups is 1. The molecule has 0 radical (unpaired) electrons. The predicted octanol–water partition coefficient (Wildman–Crippen LogP) is 4.89. The van der Waals surface area contributed by atoms with Crippen molar-refractivity contribution in [2.75, 3.05) is 5.32 Å². The van der Waals surface area contributed by atoms with Crippen molar-refractivity contribution in [1.29, 1.82) is 0 Å². The van der Waals surface area contributed by atoms with Crippen molar-refractivity contribution < 1.29 is 0 Å². The molecule has 2 nitrogen and oxygen atoms in total. The molecule has 0 fully saturated rings. The number of amidine groups is 1. The number of allylic oxidation sites excluding steroid dienone is 1. The van der Waals surface area contributed by atoms with Gasteiger partial charge in [-0.3, -0.25) is 0 Å². The number of anilines is 1. The van der Waals surface area contributed by atoms with Crippen molar-refractivity contribution in [3.05, 3.63) is 66.2 Å². The molecule has 0 aromatic heterocycles. The summed E-state index contributed by atoms with van der Waals surface area (Å²) in [7, 11) is 0. The third-order valence-corrected chi connectivity index (χ3v) is 5.17.